The minimum absolute atomic E-state index is 0.103. The summed E-state index contributed by atoms with van der Waals surface area (Å²) in [6, 6.07) is 2.49. The Morgan fingerprint density at radius 2 is 2.23 bits per heavy atom. The van der Waals surface area contributed by atoms with E-state index in [-0.39, 0.29) is 11.4 Å². The minimum Gasteiger partial charge on any atom is -0.258 e. The smallest absolute Gasteiger partial charge is 0.258 e. The van der Waals surface area contributed by atoms with Gasteiger partial charge in [-0.05, 0) is 6.07 Å². The van der Waals surface area contributed by atoms with Crippen LogP contribution in [0.3, 0.4) is 0 Å². The first-order valence-electron chi connectivity index (χ1n) is 3.25. The predicted molar refractivity (Wildman–Crippen MR) is 50.3 cm³/mol. The molecule has 0 radical (unpaired) electrons. The first kappa shape index (κ1) is 10.4. The first-order valence-corrected chi connectivity index (χ1v) is 4.58. The standard InChI is InChI=1S/C7H4BrClFNO2/c8-5-1-2-6(11(12)13)7(10)4(5)3-9/h1-2H,3H2. The average molecular weight is 268 g/mol. The van der Waals surface area contributed by atoms with Crippen molar-refractivity contribution in [2.45, 2.75) is 5.88 Å². The van der Waals surface area contributed by atoms with Crippen LogP contribution in [0.5, 0.6) is 0 Å². The number of nitro groups is 1. The van der Waals surface area contributed by atoms with Crippen LogP contribution < -0.4 is 0 Å². The molecule has 13 heavy (non-hydrogen) atoms. The van der Waals surface area contributed by atoms with Gasteiger partial charge in [-0.2, -0.15) is 4.39 Å². The van der Waals surface area contributed by atoms with Gasteiger partial charge in [-0.3, -0.25) is 10.1 Å². The number of rotatable bonds is 2. The molecule has 0 heterocycles. The van der Waals surface area contributed by atoms with Crippen molar-refractivity contribution in [3.05, 3.63) is 38.1 Å². The van der Waals surface area contributed by atoms with Crippen LogP contribution in [0.2, 0.25) is 0 Å². The Bertz CT molecular complexity index is 359. The zero-order chi connectivity index (χ0) is 10.0. The van der Waals surface area contributed by atoms with Gasteiger partial charge in [-0.25, -0.2) is 0 Å². The number of alkyl halides is 1. The summed E-state index contributed by atoms with van der Waals surface area (Å²) in [5.41, 5.74) is -0.449. The van der Waals surface area contributed by atoms with Gasteiger partial charge in [0.05, 0.1) is 10.8 Å². The van der Waals surface area contributed by atoms with E-state index in [0.717, 1.165) is 6.07 Å². The van der Waals surface area contributed by atoms with E-state index in [1.165, 1.54) is 6.07 Å². The summed E-state index contributed by atoms with van der Waals surface area (Å²) in [5, 5.41) is 10.3. The third-order valence-corrected chi connectivity index (χ3v) is 2.51. The van der Waals surface area contributed by atoms with Crippen LogP contribution in [0.4, 0.5) is 10.1 Å². The van der Waals surface area contributed by atoms with Gasteiger partial charge in [0.2, 0.25) is 5.82 Å². The van der Waals surface area contributed by atoms with Gasteiger partial charge in [0, 0.05) is 16.1 Å². The summed E-state index contributed by atoms with van der Waals surface area (Å²) in [7, 11) is 0. The van der Waals surface area contributed by atoms with E-state index in [2.05, 4.69) is 15.9 Å². The fourth-order valence-electron chi connectivity index (χ4n) is 0.849. The lowest BCUT2D eigenvalue weighted by Gasteiger charge is -2.01. The molecule has 0 spiro atoms. The van der Waals surface area contributed by atoms with Crippen molar-refractivity contribution in [3.63, 3.8) is 0 Å². The Morgan fingerprint density at radius 1 is 1.62 bits per heavy atom. The molecule has 0 saturated carbocycles. The summed E-state index contributed by atoms with van der Waals surface area (Å²) in [4.78, 5) is 9.53. The van der Waals surface area contributed by atoms with E-state index in [1.807, 2.05) is 0 Å². The number of hydrogen-bond acceptors (Lipinski definition) is 2. The van der Waals surface area contributed by atoms with Crippen molar-refractivity contribution in [1.29, 1.82) is 0 Å². The molecule has 6 heteroatoms. The molecule has 0 N–H and O–H groups in total. The van der Waals surface area contributed by atoms with Crippen molar-refractivity contribution in [2.75, 3.05) is 0 Å². The van der Waals surface area contributed by atoms with E-state index < -0.39 is 16.4 Å². The van der Waals surface area contributed by atoms with Crippen LogP contribution >= 0.6 is 27.5 Å². The highest BCUT2D eigenvalue weighted by atomic mass is 79.9. The van der Waals surface area contributed by atoms with Crippen molar-refractivity contribution >= 4 is 33.2 Å². The lowest BCUT2D eigenvalue weighted by Crippen LogP contribution is -1.96. The van der Waals surface area contributed by atoms with Gasteiger partial charge in [0.1, 0.15) is 0 Å². The minimum atomic E-state index is -0.880. The maximum Gasteiger partial charge on any atom is 0.305 e. The highest BCUT2D eigenvalue weighted by Gasteiger charge is 2.19. The molecule has 0 amide bonds. The lowest BCUT2D eigenvalue weighted by molar-refractivity contribution is -0.387. The normalized spacial score (nSPS) is 10.1. The summed E-state index contributed by atoms with van der Waals surface area (Å²) in [6.45, 7) is 0. The molecule has 0 aliphatic carbocycles. The molecule has 70 valence electrons. The molecule has 0 aromatic heterocycles. The fourth-order valence-corrected chi connectivity index (χ4v) is 1.72. The molecule has 3 nitrogen and oxygen atoms in total. The highest BCUT2D eigenvalue weighted by molar-refractivity contribution is 9.10. The Kier molecular flexibility index (Phi) is 3.22. The summed E-state index contributed by atoms with van der Waals surface area (Å²) in [5.74, 6) is -0.983. The molecule has 1 aromatic rings. The van der Waals surface area contributed by atoms with Gasteiger partial charge in [-0.1, -0.05) is 15.9 Å². The average Bonchev–Trinajstić information content (AvgIpc) is 2.04. The lowest BCUT2D eigenvalue weighted by atomic mass is 10.2. The van der Waals surface area contributed by atoms with Gasteiger partial charge in [-0.15, -0.1) is 11.6 Å². The third-order valence-electron chi connectivity index (χ3n) is 1.50. The second-order valence-corrected chi connectivity index (χ2v) is 3.37. The van der Waals surface area contributed by atoms with Crippen LogP contribution in [0, 0.1) is 15.9 Å². The van der Waals surface area contributed by atoms with Gasteiger partial charge < -0.3 is 0 Å². The third kappa shape index (κ3) is 1.97. The van der Waals surface area contributed by atoms with Crippen molar-refractivity contribution in [1.82, 2.24) is 0 Å². The van der Waals surface area contributed by atoms with Crippen LogP contribution in [0.25, 0.3) is 0 Å². The summed E-state index contributed by atoms with van der Waals surface area (Å²) in [6.07, 6.45) is 0. The number of nitro benzene ring substituents is 1. The summed E-state index contributed by atoms with van der Waals surface area (Å²) < 4.78 is 13.7. The maximum absolute atomic E-state index is 13.2. The van der Waals surface area contributed by atoms with Crippen molar-refractivity contribution in [3.8, 4) is 0 Å². The highest BCUT2D eigenvalue weighted by Crippen LogP contribution is 2.28. The molecular formula is C7H4BrClFNO2. The zero-order valence-electron chi connectivity index (χ0n) is 6.26. The Morgan fingerprint density at radius 3 is 2.69 bits per heavy atom. The first-order chi connectivity index (χ1) is 6.07. The second kappa shape index (κ2) is 4.02. The van der Waals surface area contributed by atoms with Crippen LogP contribution in [0.1, 0.15) is 5.56 Å². The van der Waals surface area contributed by atoms with Crippen molar-refractivity contribution < 1.29 is 9.31 Å². The molecule has 0 fully saturated rings. The largest absolute Gasteiger partial charge is 0.305 e. The van der Waals surface area contributed by atoms with Crippen LogP contribution in [-0.2, 0) is 5.88 Å². The molecule has 0 unspecified atom stereocenters. The number of benzene rings is 1. The van der Waals surface area contributed by atoms with E-state index in [0.29, 0.717) is 4.47 Å². The van der Waals surface area contributed by atoms with E-state index in [9.17, 15) is 14.5 Å². The topological polar surface area (TPSA) is 43.1 Å². The fraction of sp³-hybridized carbons (Fsp3) is 0.143. The number of nitrogens with zero attached hydrogens (tertiary/aromatic N) is 1. The molecule has 1 aromatic carbocycles. The number of halogens is 3. The van der Waals surface area contributed by atoms with E-state index in [4.69, 9.17) is 11.6 Å². The molecule has 0 aliphatic rings. The Hall–Kier alpha value is -0.680. The SMILES string of the molecule is O=[N+]([O-])c1ccc(Br)c(CCl)c1F. The van der Waals surface area contributed by atoms with Crippen LogP contribution in [0.15, 0.2) is 16.6 Å². The quantitative estimate of drug-likeness (QED) is 0.469. The molecule has 0 saturated heterocycles. The van der Waals surface area contributed by atoms with E-state index >= 15 is 0 Å². The molecule has 0 atom stereocenters. The van der Waals surface area contributed by atoms with Crippen LogP contribution in [-0.4, -0.2) is 4.92 Å². The van der Waals surface area contributed by atoms with Crippen molar-refractivity contribution in [2.24, 2.45) is 0 Å². The maximum atomic E-state index is 13.2. The molecule has 1 rings (SSSR count). The van der Waals surface area contributed by atoms with Gasteiger partial charge in [0.15, 0.2) is 0 Å². The van der Waals surface area contributed by atoms with Gasteiger partial charge in [0.25, 0.3) is 0 Å². The Labute approximate surface area is 86.8 Å². The molecular weight excluding hydrogens is 264 g/mol. The zero-order valence-corrected chi connectivity index (χ0v) is 8.60. The van der Waals surface area contributed by atoms with E-state index in [1.54, 1.807) is 0 Å². The number of hydrogen-bond donors (Lipinski definition) is 0. The summed E-state index contributed by atoms with van der Waals surface area (Å²) >= 11 is 8.47. The molecule has 0 bridgehead atoms. The predicted octanol–water partition coefficient (Wildman–Crippen LogP) is 3.24. The molecule has 0 aliphatic heterocycles. The Balaban J connectivity index is 3.35. The van der Waals surface area contributed by atoms with Gasteiger partial charge >= 0.3 is 5.69 Å². The second-order valence-electron chi connectivity index (χ2n) is 2.25. The monoisotopic (exact) mass is 267 g/mol.